The zero-order chi connectivity index (χ0) is 16.4. The van der Waals surface area contributed by atoms with Crippen LogP contribution in [0.1, 0.15) is 32.9 Å². The van der Waals surface area contributed by atoms with Gasteiger partial charge in [-0.2, -0.15) is 5.26 Å². The highest BCUT2D eigenvalue weighted by molar-refractivity contribution is 8.06. The predicted molar refractivity (Wildman–Crippen MR) is 92.6 cm³/mol. The van der Waals surface area contributed by atoms with Gasteiger partial charge in [-0.05, 0) is 31.4 Å². The summed E-state index contributed by atoms with van der Waals surface area (Å²) in [5.74, 6) is 0.511. The normalized spacial score (nSPS) is 15.0. The molecule has 4 N–H and O–H groups in total. The Bertz CT molecular complexity index is 588. The van der Waals surface area contributed by atoms with Gasteiger partial charge in [0, 0.05) is 18.4 Å². The lowest BCUT2D eigenvalue weighted by Gasteiger charge is -2.07. The summed E-state index contributed by atoms with van der Waals surface area (Å²) in [5, 5.41) is 18.4. The molecule has 1 aliphatic rings. The van der Waals surface area contributed by atoms with E-state index in [9.17, 15) is 5.26 Å². The number of hydrogen-bond donors (Lipinski definition) is 3. The third-order valence-corrected chi connectivity index (χ3v) is 3.59. The van der Waals surface area contributed by atoms with Crippen LogP contribution in [0.4, 0.5) is 5.95 Å². The van der Waals surface area contributed by atoms with Crippen LogP contribution in [-0.4, -0.2) is 23.1 Å². The van der Waals surface area contributed by atoms with Crippen molar-refractivity contribution in [1.29, 1.82) is 5.26 Å². The van der Waals surface area contributed by atoms with Gasteiger partial charge in [0.2, 0.25) is 5.95 Å². The maximum absolute atomic E-state index is 9.35. The molecule has 0 unspecified atom stereocenters. The Morgan fingerprint density at radius 1 is 1.50 bits per heavy atom. The summed E-state index contributed by atoms with van der Waals surface area (Å²) in [6.45, 7) is 7.28. The monoisotopic (exact) mass is 318 g/mol. The maximum atomic E-state index is 9.35. The van der Waals surface area contributed by atoms with E-state index in [0.29, 0.717) is 30.3 Å². The Kier molecular flexibility index (Phi) is 8.04. The molecule has 22 heavy (non-hydrogen) atoms. The van der Waals surface area contributed by atoms with Crippen molar-refractivity contribution in [3.05, 3.63) is 34.1 Å². The third kappa shape index (κ3) is 5.06. The molecule has 0 atom stereocenters. The van der Waals surface area contributed by atoms with E-state index in [1.54, 1.807) is 12.3 Å². The highest BCUT2D eigenvalue weighted by Crippen LogP contribution is 2.30. The number of nitrogens with zero attached hydrogens (tertiary/aromatic N) is 3. The molecular formula is C15H22N6S. The molecule has 1 aliphatic heterocycles. The van der Waals surface area contributed by atoms with Gasteiger partial charge in [0.05, 0.1) is 10.7 Å². The van der Waals surface area contributed by atoms with Crippen molar-refractivity contribution >= 4 is 23.3 Å². The minimum absolute atomic E-state index is 0.511. The zero-order valence-electron chi connectivity index (χ0n) is 13.2. The molecule has 0 radical (unpaired) electrons. The summed E-state index contributed by atoms with van der Waals surface area (Å²) in [7, 11) is 0. The number of nitrogens with one attached hydrogen (secondary N) is 2. The summed E-state index contributed by atoms with van der Waals surface area (Å²) in [5.41, 5.74) is 7.59. The Morgan fingerprint density at radius 2 is 2.27 bits per heavy atom. The Balaban J connectivity index is 0.00000116. The van der Waals surface area contributed by atoms with Crippen molar-refractivity contribution in [3.63, 3.8) is 0 Å². The molecule has 0 bridgehead atoms. The van der Waals surface area contributed by atoms with Crippen LogP contribution in [0.3, 0.4) is 0 Å². The molecule has 0 aromatic carbocycles. The van der Waals surface area contributed by atoms with E-state index in [1.807, 2.05) is 26.2 Å². The second-order valence-corrected chi connectivity index (χ2v) is 5.07. The van der Waals surface area contributed by atoms with Crippen LogP contribution in [0.2, 0.25) is 0 Å². The van der Waals surface area contributed by atoms with Gasteiger partial charge in [-0.1, -0.05) is 25.6 Å². The van der Waals surface area contributed by atoms with Gasteiger partial charge < -0.3 is 16.4 Å². The van der Waals surface area contributed by atoms with E-state index in [1.165, 1.54) is 11.8 Å². The molecule has 0 spiro atoms. The van der Waals surface area contributed by atoms with Crippen molar-refractivity contribution in [3.8, 4) is 6.07 Å². The summed E-state index contributed by atoms with van der Waals surface area (Å²) in [6.07, 6.45) is 2.49. The first-order valence-electron chi connectivity index (χ1n) is 7.26. The summed E-state index contributed by atoms with van der Waals surface area (Å²) in [6, 6.07) is 3.93. The quantitative estimate of drug-likeness (QED) is 0.567. The molecule has 1 aromatic heterocycles. The molecule has 0 aliphatic carbocycles. The van der Waals surface area contributed by atoms with Crippen molar-refractivity contribution in [1.82, 2.24) is 15.3 Å². The molecule has 2 heterocycles. The predicted octanol–water partition coefficient (Wildman–Crippen LogP) is 2.65. The van der Waals surface area contributed by atoms with Gasteiger partial charge in [0.1, 0.15) is 11.6 Å². The summed E-state index contributed by atoms with van der Waals surface area (Å²) >= 11 is 1.49. The molecule has 0 amide bonds. The first-order valence-corrected chi connectivity index (χ1v) is 8.14. The smallest absolute Gasteiger partial charge is 0.223 e. The highest BCUT2D eigenvalue weighted by atomic mass is 32.2. The minimum Gasteiger partial charge on any atom is -0.354 e. The Hall–Kier alpha value is -2.04. The average Bonchev–Trinajstić information content (AvgIpc) is 2.97. The molecule has 0 saturated heterocycles. The van der Waals surface area contributed by atoms with Crippen molar-refractivity contribution < 1.29 is 0 Å². The molecule has 0 fully saturated rings. The number of nitriles is 1. The molecule has 6 nitrogen and oxygen atoms in total. The lowest BCUT2D eigenvalue weighted by Crippen LogP contribution is -2.11. The topological polar surface area (TPSA) is 99.7 Å². The molecule has 1 aromatic rings. The van der Waals surface area contributed by atoms with Gasteiger partial charge in [-0.25, -0.2) is 9.97 Å². The maximum Gasteiger partial charge on any atom is 0.223 e. The fourth-order valence-corrected chi connectivity index (χ4v) is 2.46. The SMILES string of the molecule is CC.CC1=CS/C(=C(/C#N)c2ccnc(NCCCN)n2)N1. The standard InChI is InChI=1S/C13H16N6S.C2H6/c1-9-8-20-12(18-9)10(7-15)11-3-6-17-13(19-11)16-5-2-4-14;1-2/h3,6,8,18H,2,4-5,14H2,1H3,(H,16,17,19);1-2H3/b12-10-;. The zero-order valence-corrected chi connectivity index (χ0v) is 14.0. The molecule has 2 rings (SSSR count). The molecule has 0 saturated carbocycles. The van der Waals surface area contributed by atoms with Crippen LogP contribution in [0.25, 0.3) is 5.57 Å². The van der Waals surface area contributed by atoms with Gasteiger partial charge in [0.15, 0.2) is 0 Å². The molecule has 7 heteroatoms. The molecular weight excluding hydrogens is 296 g/mol. The van der Waals surface area contributed by atoms with Crippen LogP contribution in [0, 0.1) is 11.3 Å². The fraction of sp³-hybridized carbons (Fsp3) is 0.400. The van der Waals surface area contributed by atoms with Crippen molar-refractivity contribution in [2.45, 2.75) is 27.2 Å². The number of aromatic nitrogens is 2. The van der Waals surface area contributed by atoms with E-state index >= 15 is 0 Å². The van der Waals surface area contributed by atoms with E-state index in [2.05, 4.69) is 26.7 Å². The Morgan fingerprint density at radius 3 is 2.86 bits per heavy atom. The largest absolute Gasteiger partial charge is 0.354 e. The number of nitrogens with two attached hydrogens (primary N) is 1. The number of allylic oxidation sites excluding steroid dienone is 2. The number of thioether (sulfide) groups is 1. The van der Waals surface area contributed by atoms with Gasteiger partial charge in [-0.15, -0.1) is 0 Å². The van der Waals surface area contributed by atoms with Gasteiger partial charge in [-0.3, -0.25) is 0 Å². The number of rotatable bonds is 5. The van der Waals surface area contributed by atoms with Gasteiger partial charge in [0.25, 0.3) is 0 Å². The average molecular weight is 318 g/mol. The minimum atomic E-state index is 0.511. The summed E-state index contributed by atoms with van der Waals surface area (Å²) < 4.78 is 0. The number of anilines is 1. The fourth-order valence-electron chi connectivity index (χ4n) is 1.62. The van der Waals surface area contributed by atoms with E-state index in [-0.39, 0.29) is 0 Å². The lowest BCUT2D eigenvalue weighted by molar-refractivity contribution is 0.863. The van der Waals surface area contributed by atoms with Crippen LogP contribution in [-0.2, 0) is 0 Å². The van der Waals surface area contributed by atoms with Gasteiger partial charge >= 0.3 is 0 Å². The van der Waals surface area contributed by atoms with Crippen molar-refractivity contribution in [2.24, 2.45) is 5.73 Å². The summed E-state index contributed by atoms with van der Waals surface area (Å²) in [4.78, 5) is 8.50. The van der Waals surface area contributed by atoms with E-state index < -0.39 is 0 Å². The van der Waals surface area contributed by atoms with Crippen molar-refractivity contribution in [2.75, 3.05) is 18.4 Å². The third-order valence-electron chi connectivity index (χ3n) is 2.58. The van der Waals surface area contributed by atoms with E-state index in [0.717, 1.165) is 17.1 Å². The van der Waals surface area contributed by atoms with E-state index in [4.69, 9.17) is 5.73 Å². The van der Waals surface area contributed by atoms with Crippen LogP contribution >= 0.6 is 11.8 Å². The first-order chi connectivity index (χ1) is 10.7. The Labute approximate surface area is 135 Å². The molecule has 118 valence electrons. The van der Waals surface area contributed by atoms with Crippen LogP contribution in [0.5, 0.6) is 0 Å². The van der Waals surface area contributed by atoms with Crippen LogP contribution < -0.4 is 16.4 Å². The number of hydrogen-bond acceptors (Lipinski definition) is 7. The van der Waals surface area contributed by atoms with Crippen LogP contribution in [0.15, 0.2) is 28.4 Å². The first kappa shape index (κ1) is 18.0. The lowest BCUT2D eigenvalue weighted by atomic mass is 10.2. The second kappa shape index (κ2) is 9.82. The highest BCUT2D eigenvalue weighted by Gasteiger charge is 2.15. The second-order valence-electron chi connectivity index (χ2n) is 4.19.